The van der Waals surface area contributed by atoms with Gasteiger partial charge in [0.25, 0.3) is 10.2 Å². The summed E-state index contributed by atoms with van der Waals surface area (Å²) in [5.74, 6) is -0.808. The fraction of sp³-hybridized carbons (Fsp3) is 0.857. The maximum absolute atomic E-state index is 13.0. The van der Waals surface area contributed by atoms with Crippen LogP contribution in [0.15, 0.2) is 0 Å². The zero-order valence-electron chi connectivity index (χ0n) is 18.9. The molecule has 180 valence electrons. The SMILES string of the molecule is C[C@@H]1CN(S(=O)(=O)N2CCN(C(=O)CCN3C(=O)[C@H]4CCCC[C@H]4C3=O)CC2)C[C@@H](C)O1. The summed E-state index contributed by atoms with van der Waals surface area (Å²) in [5, 5.41) is 0. The first-order valence-electron chi connectivity index (χ1n) is 11.7. The summed E-state index contributed by atoms with van der Waals surface area (Å²) in [5.41, 5.74) is 0. The highest BCUT2D eigenvalue weighted by Crippen LogP contribution is 2.38. The Hall–Kier alpha value is -1.56. The number of carbonyl (C=O) groups is 3. The van der Waals surface area contributed by atoms with Crippen LogP contribution in [0.3, 0.4) is 0 Å². The van der Waals surface area contributed by atoms with Gasteiger partial charge in [-0.25, -0.2) is 0 Å². The highest BCUT2D eigenvalue weighted by Gasteiger charge is 2.48. The fourth-order valence-electron chi connectivity index (χ4n) is 5.47. The van der Waals surface area contributed by atoms with E-state index in [1.54, 1.807) is 4.90 Å². The van der Waals surface area contributed by atoms with Crippen molar-refractivity contribution in [3.63, 3.8) is 0 Å². The standard InChI is InChI=1S/C21H34N4O6S/c1-15-13-24(14-16(2)31-15)32(29,30)23-11-9-22(10-12-23)19(26)7-8-25-20(27)17-5-3-4-6-18(17)21(25)28/h15-18H,3-14H2,1-2H3/t15-,16-,17-,18+/m1/s1. The maximum atomic E-state index is 13.0. The third-order valence-electron chi connectivity index (χ3n) is 7.11. The highest BCUT2D eigenvalue weighted by atomic mass is 32.2. The number of amides is 3. The van der Waals surface area contributed by atoms with Gasteiger partial charge in [-0.05, 0) is 26.7 Å². The summed E-state index contributed by atoms with van der Waals surface area (Å²) >= 11 is 0. The minimum Gasteiger partial charge on any atom is -0.373 e. The molecular formula is C21H34N4O6S. The van der Waals surface area contributed by atoms with Crippen molar-refractivity contribution in [1.29, 1.82) is 0 Å². The molecule has 4 aliphatic rings. The van der Waals surface area contributed by atoms with Gasteiger partial charge in [0.15, 0.2) is 0 Å². The minimum atomic E-state index is -3.60. The molecule has 32 heavy (non-hydrogen) atoms. The number of imide groups is 1. The lowest BCUT2D eigenvalue weighted by Gasteiger charge is -2.40. The monoisotopic (exact) mass is 470 g/mol. The number of ether oxygens (including phenoxy) is 1. The smallest absolute Gasteiger partial charge is 0.282 e. The largest absolute Gasteiger partial charge is 0.373 e. The van der Waals surface area contributed by atoms with Gasteiger partial charge in [-0.3, -0.25) is 19.3 Å². The second-order valence-electron chi connectivity index (χ2n) is 9.44. The molecule has 0 N–H and O–H groups in total. The van der Waals surface area contributed by atoms with Crippen LogP contribution in [0, 0.1) is 11.8 Å². The van der Waals surface area contributed by atoms with Crippen LogP contribution in [0.2, 0.25) is 0 Å². The van der Waals surface area contributed by atoms with Crippen molar-refractivity contribution in [3.8, 4) is 0 Å². The third-order valence-corrected chi connectivity index (χ3v) is 9.08. The lowest BCUT2D eigenvalue weighted by molar-refractivity contribution is -0.141. The summed E-state index contributed by atoms with van der Waals surface area (Å²) < 4.78 is 34.6. The molecular weight excluding hydrogens is 436 g/mol. The van der Waals surface area contributed by atoms with Crippen LogP contribution in [0.4, 0.5) is 0 Å². The van der Waals surface area contributed by atoms with E-state index in [0.717, 1.165) is 25.7 Å². The Morgan fingerprint density at radius 1 is 0.906 bits per heavy atom. The molecule has 1 saturated carbocycles. The average molecular weight is 471 g/mol. The van der Waals surface area contributed by atoms with E-state index in [1.165, 1.54) is 13.5 Å². The molecule has 0 bridgehead atoms. The van der Waals surface area contributed by atoms with Crippen LogP contribution in [-0.4, -0.2) is 103 Å². The average Bonchev–Trinajstić information content (AvgIpc) is 3.01. The van der Waals surface area contributed by atoms with Gasteiger partial charge in [0, 0.05) is 52.2 Å². The zero-order valence-corrected chi connectivity index (χ0v) is 19.8. The molecule has 3 aliphatic heterocycles. The van der Waals surface area contributed by atoms with E-state index in [2.05, 4.69) is 0 Å². The topological polar surface area (TPSA) is 108 Å². The fourth-order valence-corrected chi connectivity index (χ4v) is 7.22. The quantitative estimate of drug-likeness (QED) is 0.526. The molecule has 0 aromatic carbocycles. The van der Waals surface area contributed by atoms with Crippen molar-refractivity contribution in [1.82, 2.24) is 18.4 Å². The Balaban J connectivity index is 1.27. The van der Waals surface area contributed by atoms with Crippen LogP contribution < -0.4 is 0 Å². The van der Waals surface area contributed by atoms with Crippen molar-refractivity contribution in [2.45, 2.75) is 58.2 Å². The summed E-state index contributed by atoms with van der Waals surface area (Å²) in [7, 11) is -3.60. The van der Waals surface area contributed by atoms with E-state index in [0.29, 0.717) is 26.2 Å². The Bertz CT molecular complexity index is 822. The Kier molecular flexibility index (Phi) is 6.90. The number of hydrogen-bond acceptors (Lipinski definition) is 6. The predicted molar refractivity (Wildman–Crippen MR) is 115 cm³/mol. The molecule has 4 atom stereocenters. The number of piperazine rings is 1. The molecule has 0 radical (unpaired) electrons. The van der Waals surface area contributed by atoms with Gasteiger partial charge in [0.2, 0.25) is 17.7 Å². The summed E-state index contributed by atoms with van der Waals surface area (Å²) in [6.07, 6.45) is 3.24. The lowest BCUT2D eigenvalue weighted by Crippen LogP contribution is -2.57. The number of nitrogens with zero attached hydrogens (tertiary/aromatic N) is 4. The first-order chi connectivity index (χ1) is 15.2. The van der Waals surface area contributed by atoms with Crippen LogP contribution in [0.5, 0.6) is 0 Å². The van der Waals surface area contributed by atoms with Gasteiger partial charge in [-0.15, -0.1) is 0 Å². The van der Waals surface area contributed by atoms with Crippen molar-refractivity contribution in [2.75, 3.05) is 45.8 Å². The molecule has 0 spiro atoms. The van der Waals surface area contributed by atoms with E-state index in [9.17, 15) is 22.8 Å². The van der Waals surface area contributed by atoms with Gasteiger partial charge in [-0.2, -0.15) is 17.0 Å². The minimum absolute atomic E-state index is 0.0855. The van der Waals surface area contributed by atoms with E-state index < -0.39 is 10.2 Å². The number of morpholine rings is 1. The Morgan fingerprint density at radius 3 is 1.97 bits per heavy atom. The van der Waals surface area contributed by atoms with Crippen molar-refractivity contribution >= 4 is 27.9 Å². The number of rotatable bonds is 5. The van der Waals surface area contributed by atoms with E-state index in [1.807, 2.05) is 13.8 Å². The van der Waals surface area contributed by atoms with Crippen molar-refractivity contribution < 1.29 is 27.5 Å². The van der Waals surface area contributed by atoms with Crippen molar-refractivity contribution in [2.24, 2.45) is 11.8 Å². The van der Waals surface area contributed by atoms with E-state index in [4.69, 9.17) is 4.74 Å². The Labute approximate surface area is 190 Å². The second-order valence-corrected chi connectivity index (χ2v) is 11.4. The van der Waals surface area contributed by atoms with Crippen LogP contribution in [0.1, 0.15) is 46.0 Å². The van der Waals surface area contributed by atoms with Crippen LogP contribution in [0.25, 0.3) is 0 Å². The summed E-state index contributed by atoms with van der Waals surface area (Å²) in [6.45, 7) is 5.57. The van der Waals surface area contributed by atoms with Crippen LogP contribution >= 0.6 is 0 Å². The molecule has 10 nitrogen and oxygen atoms in total. The molecule has 3 amide bonds. The van der Waals surface area contributed by atoms with Gasteiger partial charge < -0.3 is 9.64 Å². The highest BCUT2D eigenvalue weighted by molar-refractivity contribution is 7.86. The van der Waals surface area contributed by atoms with Gasteiger partial charge in [-0.1, -0.05) is 12.8 Å². The molecule has 3 saturated heterocycles. The number of fused-ring (bicyclic) bond motifs is 1. The molecule has 0 aromatic heterocycles. The normalized spacial score (nSPS) is 32.9. The lowest BCUT2D eigenvalue weighted by atomic mass is 9.81. The van der Waals surface area contributed by atoms with E-state index in [-0.39, 0.29) is 67.8 Å². The summed E-state index contributed by atoms with van der Waals surface area (Å²) in [6, 6.07) is 0. The molecule has 3 heterocycles. The number of carbonyl (C=O) groups excluding carboxylic acids is 3. The number of likely N-dealkylation sites (tertiary alicyclic amines) is 1. The van der Waals surface area contributed by atoms with Gasteiger partial charge in [0.1, 0.15) is 0 Å². The summed E-state index contributed by atoms with van der Waals surface area (Å²) in [4.78, 5) is 40.8. The first-order valence-corrected chi connectivity index (χ1v) is 13.1. The molecule has 4 fully saturated rings. The molecule has 11 heteroatoms. The van der Waals surface area contributed by atoms with Crippen molar-refractivity contribution in [3.05, 3.63) is 0 Å². The molecule has 4 rings (SSSR count). The number of hydrogen-bond donors (Lipinski definition) is 0. The maximum Gasteiger partial charge on any atom is 0.282 e. The van der Waals surface area contributed by atoms with E-state index >= 15 is 0 Å². The molecule has 1 aliphatic carbocycles. The van der Waals surface area contributed by atoms with Gasteiger partial charge >= 0.3 is 0 Å². The Morgan fingerprint density at radius 2 is 1.44 bits per heavy atom. The first kappa shape index (κ1) is 23.6. The van der Waals surface area contributed by atoms with Crippen LogP contribution in [-0.2, 0) is 29.3 Å². The molecule has 0 unspecified atom stereocenters. The second kappa shape index (κ2) is 9.36. The predicted octanol–water partition coefficient (Wildman–Crippen LogP) is 0.0499. The molecule has 0 aromatic rings. The van der Waals surface area contributed by atoms with Gasteiger partial charge in [0.05, 0.1) is 24.0 Å². The third kappa shape index (κ3) is 4.57. The zero-order chi connectivity index (χ0) is 23.0.